The summed E-state index contributed by atoms with van der Waals surface area (Å²) in [7, 11) is 0. The van der Waals surface area contributed by atoms with Gasteiger partial charge in [-0.25, -0.2) is 0 Å². The van der Waals surface area contributed by atoms with Crippen molar-refractivity contribution in [3.05, 3.63) is 17.8 Å². The summed E-state index contributed by atoms with van der Waals surface area (Å²) in [5.74, 6) is -0.478. The van der Waals surface area contributed by atoms with Gasteiger partial charge in [-0.05, 0) is 25.0 Å². The van der Waals surface area contributed by atoms with Crippen LogP contribution < -0.4 is 10.2 Å². The number of aliphatic carboxylic acids is 1. The fraction of sp³-hybridized carbons (Fsp3) is 0.538. The number of carbonyl (C=O) groups is 2. The topological polar surface area (TPSA) is 95.4 Å². The lowest BCUT2D eigenvalue weighted by atomic mass is 10.2. The standard InChI is InChI=1S/C13H20N4O3/c1-4-14-13(20)10-5-6-11(16-15-10)17(7-9(2)3)8-12(18)19/h5-6,9H,4,7-8H2,1-3H3,(H,14,20)(H,18,19). The fourth-order valence-electron chi connectivity index (χ4n) is 1.71. The zero-order valence-corrected chi connectivity index (χ0v) is 12.0. The molecule has 0 unspecified atom stereocenters. The van der Waals surface area contributed by atoms with Crippen LogP contribution >= 0.6 is 0 Å². The van der Waals surface area contributed by atoms with Crippen molar-refractivity contribution in [1.82, 2.24) is 15.5 Å². The molecule has 0 fully saturated rings. The van der Waals surface area contributed by atoms with Crippen LogP contribution in [0.25, 0.3) is 0 Å². The Labute approximate surface area is 118 Å². The third-order valence-corrected chi connectivity index (χ3v) is 2.46. The molecule has 1 amide bonds. The molecule has 20 heavy (non-hydrogen) atoms. The lowest BCUT2D eigenvalue weighted by Crippen LogP contribution is -2.34. The molecule has 7 heteroatoms. The van der Waals surface area contributed by atoms with Crippen molar-refractivity contribution in [2.75, 3.05) is 24.5 Å². The van der Waals surface area contributed by atoms with Gasteiger partial charge in [-0.15, -0.1) is 10.2 Å². The third kappa shape index (κ3) is 4.83. The zero-order valence-electron chi connectivity index (χ0n) is 12.0. The minimum atomic E-state index is -0.930. The first kappa shape index (κ1) is 15.9. The Hall–Kier alpha value is -2.18. The summed E-state index contributed by atoms with van der Waals surface area (Å²) in [6.45, 7) is 6.73. The van der Waals surface area contributed by atoms with Crippen LogP contribution in [0.3, 0.4) is 0 Å². The van der Waals surface area contributed by atoms with Gasteiger partial charge in [0.25, 0.3) is 5.91 Å². The van der Waals surface area contributed by atoms with E-state index in [9.17, 15) is 9.59 Å². The Morgan fingerprint density at radius 2 is 2.05 bits per heavy atom. The molecule has 0 aliphatic heterocycles. The van der Waals surface area contributed by atoms with Gasteiger partial charge in [0, 0.05) is 13.1 Å². The van der Waals surface area contributed by atoms with Gasteiger partial charge < -0.3 is 15.3 Å². The predicted octanol–water partition coefficient (Wildman–Crippen LogP) is 0.773. The van der Waals surface area contributed by atoms with Gasteiger partial charge in [0.05, 0.1) is 0 Å². The van der Waals surface area contributed by atoms with Crippen LogP contribution in [0.15, 0.2) is 12.1 Å². The molecule has 1 aromatic heterocycles. The molecule has 110 valence electrons. The molecule has 2 N–H and O–H groups in total. The largest absolute Gasteiger partial charge is 0.480 e. The van der Waals surface area contributed by atoms with E-state index in [1.165, 1.54) is 0 Å². The first-order valence-electron chi connectivity index (χ1n) is 6.52. The molecular weight excluding hydrogens is 260 g/mol. The van der Waals surface area contributed by atoms with Crippen LogP contribution in [-0.2, 0) is 4.79 Å². The van der Waals surface area contributed by atoms with Crippen LogP contribution in [0.2, 0.25) is 0 Å². The summed E-state index contributed by atoms with van der Waals surface area (Å²) in [5.41, 5.74) is 0.218. The number of carboxylic acid groups (broad SMARTS) is 1. The van der Waals surface area contributed by atoms with Crippen molar-refractivity contribution < 1.29 is 14.7 Å². The summed E-state index contributed by atoms with van der Waals surface area (Å²) in [4.78, 5) is 24.1. The fourth-order valence-corrected chi connectivity index (χ4v) is 1.71. The van der Waals surface area contributed by atoms with Gasteiger partial charge in [-0.3, -0.25) is 9.59 Å². The minimum Gasteiger partial charge on any atom is -0.480 e. The van der Waals surface area contributed by atoms with Crippen molar-refractivity contribution >= 4 is 17.7 Å². The first-order chi connectivity index (χ1) is 9.43. The molecule has 0 spiro atoms. The number of aromatic nitrogens is 2. The van der Waals surface area contributed by atoms with E-state index in [1.54, 1.807) is 17.0 Å². The Morgan fingerprint density at radius 1 is 1.35 bits per heavy atom. The Kier molecular flexibility index (Phi) is 5.89. The van der Waals surface area contributed by atoms with Crippen molar-refractivity contribution in [2.24, 2.45) is 5.92 Å². The van der Waals surface area contributed by atoms with E-state index in [2.05, 4.69) is 15.5 Å². The number of anilines is 1. The second kappa shape index (κ2) is 7.42. The summed E-state index contributed by atoms with van der Waals surface area (Å²) in [5, 5.41) is 19.3. The normalized spacial score (nSPS) is 10.4. The van der Waals surface area contributed by atoms with E-state index >= 15 is 0 Å². The van der Waals surface area contributed by atoms with Gasteiger partial charge in [0.1, 0.15) is 6.54 Å². The van der Waals surface area contributed by atoms with E-state index in [0.29, 0.717) is 24.8 Å². The smallest absolute Gasteiger partial charge is 0.323 e. The molecule has 0 radical (unpaired) electrons. The zero-order chi connectivity index (χ0) is 15.1. The van der Waals surface area contributed by atoms with E-state index in [1.807, 2.05) is 20.8 Å². The number of rotatable bonds is 7. The minimum absolute atomic E-state index is 0.145. The molecule has 0 bridgehead atoms. The van der Waals surface area contributed by atoms with Crippen molar-refractivity contribution in [3.8, 4) is 0 Å². The van der Waals surface area contributed by atoms with Gasteiger partial charge in [-0.1, -0.05) is 13.8 Å². The highest BCUT2D eigenvalue weighted by Crippen LogP contribution is 2.11. The van der Waals surface area contributed by atoms with Crippen LogP contribution in [0, 0.1) is 5.92 Å². The van der Waals surface area contributed by atoms with E-state index < -0.39 is 5.97 Å². The van der Waals surface area contributed by atoms with Crippen LogP contribution in [0.4, 0.5) is 5.82 Å². The first-order valence-corrected chi connectivity index (χ1v) is 6.52. The van der Waals surface area contributed by atoms with Crippen LogP contribution in [0.1, 0.15) is 31.3 Å². The molecule has 1 rings (SSSR count). The summed E-state index contributed by atoms with van der Waals surface area (Å²) in [6, 6.07) is 3.16. The molecule has 0 aliphatic carbocycles. The van der Waals surface area contributed by atoms with Crippen molar-refractivity contribution in [3.63, 3.8) is 0 Å². The third-order valence-electron chi connectivity index (χ3n) is 2.46. The molecular formula is C13H20N4O3. The Bertz CT molecular complexity index is 459. The van der Waals surface area contributed by atoms with Gasteiger partial charge in [0.15, 0.2) is 11.5 Å². The highest BCUT2D eigenvalue weighted by Gasteiger charge is 2.15. The molecule has 1 heterocycles. The Morgan fingerprint density at radius 3 is 2.50 bits per heavy atom. The van der Waals surface area contributed by atoms with E-state index in [-0.39, 0.29) is 18.1 Å². The molecule has 0 aromatic carbocycles. The average molecular weight is 280 g/mol. The van der Waals surface area contributed by atoms with Crippen LogP contribution in [-0.4, -0.2) is 46.8 Å². The number of nitrogens with zero attached hydrogens (tertiary/aromatic N) is 3. The van der Waals surface area contributed by atoms with Crippen molar-refractivity contribution in [2.45, 2.75) is 20.8 Å². The maximum absolute atomic E-state index is 11.6. The summed E-state index contributed by atoms with van der Waals surface area (Å²) in [6.07, 6.45) is 0. The summed E-state index contributed by atoms with van der Waals surface area (Å²) < 4.78 is 0. The monoisotopic (exact) mass is 280 g/mol. The number of carboxylic acids is 1. The molecule has 0 aliphatic rings. The van der Waals surface area contributed by atoms with Crippen molar-refractivity contribution in [1.29, 1.82) is 0 Å². The van der Waals surface area contributed by atoms with Gasteiger partial charge >= 0.3 is 5.97 Å². The molecule has 1 aromatic rings. The maximum Gasteiger partial charge on any atom is 0.323 e. The number of hydrogen-bond donors (Lipinski definition) is 2. The lowest BCUT2D eigenvalue weighted by Gasteiger charge is -2.23. The Balaban J connectivity index is 2.86. The van der Waals surface area contributed by atoms with Gasteiger partial charge in [-0.2, -0.15) is 0 Å². The summed E-state index contributed by atoms with van der Waals surface area (Å²) >= 11 is 0. The molecule has 7 nitrogen and oxygen atoms in total. The number of hydrogen-bond acceptors (Lipinski definition) is 5. The highest BCUT2D eigenvalue weighted by atomic mass is 16.4. The predicted molar refractivity (Wildman–Crippen MR) is 74.7 cm³/mol. The SMILES string of the molecule is CCNC(=O)c1ccc(N(CC(=O)O)CC(C)C)nn1. The molecule has 0 saturated carbocycles. The average Bonchev–Trinajstić information content (AvgIpc) is 2.37. The van der Waals surface area contributed by atoms with E-state index in [0.717, 1.165) is 0 Å². The lowest BCUT2D eigenvalue weighted by molar-refractivity contribution is -0.135. The molecule has 0 saturated heterocycles. The second-order valence-electron chi connectivity index (χ2n) is 4.80. The quantitative estimate of drug-likeness (QED) is 0.766. The molecule has 0 atom stereocenters. The number of amides is 1. The second-order valence-corrected chi connectivity index (χ2v) is 4.80. The number of nitrogens with one attached hydrogen (secondary N) is 1. The maximum atomic E-state index is 11.6. The number of carbonyl (C=O) groups excluding carboxylic acids is 1. The van der Waals surface area contributed by atoms with Crippen LogP contribution in [0.5, 0.6) is 0 Å². The highest BCUT2D eigenvalue weighted by molar-refractivity contribution is 5.92. The van der Waals surface area contributed by atoms with E-state index in [4.69, 9.17) is 5.11 Å². The van der Waals surface area contributed by atoms with Gasteiger partial charge in [0.2, 0.25) is 0 Å².